The average molecular weight is 280 g/mol. The molecular weight excluding hydrogens is 268 g/mol. The number of benzene rings is 3. The second-order valence-electron chi connectivity index (χ2n) is 4.60. The molecule has 0 aliphatic carbocycles. The Balaban J connectivity index is 2.21. The van der Waals surface area contributed by atoms with Crippen LogP contribution in [0.3, 0.4) is 0 Å². The van der Waals surface area contributed by atoms with Crippen molar-refractivity contribution in [3.05, 3.63) is 66.2 Å². The zero-order valence-electron chi connectivity index (χ0n) is 10.6. The third-order valence-corrected chi connectivity index (χ3v) is 3.65. The summed E-state index contributed by atoms with van der Waals surface area (Å²) in [5, 5.41) is 11.3. The van der Waals surface area contributed by atoms with Crippen LogP contribution in [0.5, 0.6) is 0 Å². The number of carbonyl (C=O) groups is 1. The van der Waals surface area contributed by atoms with E-state index < -0.39 is 5.97 Å². The molecular formula is C17H12O2S. The van der Waals surface area contributed by atoms with E-state index in [1.165, 1.54) is 0 Å². The highest BCUT2D eigenvalue weighted by Crippen LogP contribution is 2.31. The molecule has 2 nitrogen and oxygen atoms in total. The van der Waals surface area contributed by atoms with Crippen LogP contribution in [0.15, 0.2) is 65.6 Å². The van der Waals surface area contributed by atoms with E-state index in [1.54, 1.807) is 18.2 Å². The van der Waals surface area contributed by atoms with E-state index in [9.17, 15) is 4.79 Å². The number of aromatic carboxylic acids is 1. The zero-order chi connectivity index (χ0) is 14.1. The Morgan fingerprint density at radius 3 is 2.30 bits per heavy atom. The molecule has 20 heavy (non-hydrogen) atoms. The van der Waals surface area contributed by atoms with Crippen LogP contribution in [0.2, 0.25) is 0 Å². The summed E-state index contributed by atoms with van der Waals surface area (Å²) in [6.45, 7) is 0. The summed E-state index contributed by atoms with van der Waals surface area (Å²) >= 11 is 4.52. The fourth-order valence-electron chi connectivity index (χ4n) is 2.28. The fraction of sp³-hybridized carbons (Fsp3) is 0. The summed E-state index contributed by atoms with van der Waals surface area (Å²) in [5.41, 5.74) is 2.08. The number of hydrogen-bond donors (Lipinski definition) is 2. The lowest BCUT2D eigenvalue weighted by molar-refractivity contribution is 0.0697. The third-order valence-electron chi connectivity index (χ3n) is 3.28. The predicted molar refractivity (Wildman–Crippen MR) is 83.6 cm³/mol. The minimum Gasteiger partial charge on any atom is -0.478 e. The lowest BCUT2D eigenvalue weighted by atomic mass is 9.99. The Morgan fingerprint density at radius 1 is 0.900 bits per heavy atom. The quantitative estimate of drug-likeness (QED) is 0.678. The zero-order valence-corrected chi connectivity index (χ0v) is 11.5. The van der Waals surface area contributed by atoms with E-state index in [-0.39, 0.29) is 5.56 Å². The van der Waals surface area contributed by atoms with Crippen LogP contribution < -0.4 is 0 Å². The van der Waals surface area contributed by atoms with Crippen LogP contribution >= 0.6 is 12.6 Å². The number of fused-ring (bicyclic) bond motifs is 1. The van der Waals surface area contributed by atoms with E-state index >= 15 is 0 Å². The Labute approximate surface area is 122 Å². The molecule has 0 fully saturated rings. The van der Waals surface area contributed by atoms with E-state index in [0.717, 1.165) is 26.8 Å². The molecule has 0 saturated carbocycles. The first-order valence-corrected chi connectivity index (χ1v) is 6.65. The van der Waals surface area contributed by atoms with Gasteiger partial charge in [0.2, 0.25) is 0 Å². The van der Waals surface area contributed by atoms with Crippen molar-refractivity contribution in [3.8, 4) is 11.1 Å². The van der Waals surface area contributed by atoms with Gasteiger partial charge in [-0.3, -0.25) is 0 Å². The monoisotopic (exact) mass is 280 g/mol. The summed E-state index contributed by atoms with van der Waals surface area (Å²) in [7, 11) is 0. The Morgan fingerprint density at radius 2 is 1.60 bits per heavy atom. The van der Waals surface area contributed by atoms with Gasteiger partial charge in [-0.2, -0.15) is 0 Å². The van der Waals surface area contributed by atoms with Gasteiger partial charge in [0.05, 0.1) is 5.56 Å². The highest BCUT2D eigenvalue weighted by Gasteiger charge is 2.08. The molecule has 0 amide bonds. The van der Waals surface area contributed by atoms with E-state index in [0.29, 0.717) is 0 Å². The number of hydrogen-bond acceptors (Lipinski definition) is 2. The first-order chi connectivity index (χ1) is 9.65. The maximum atomic E-state index is 11.1. The van der Waals surface area contributed by atoms with Crippen molar-refractivity contribution >= 4 is 29.4 Å². The predicted octanol–water partition coefficient (Wildman–Crippen LogP) is 4.49. The van der Waals surface area contributed by atoms with Crippen molar-refractivity contribution in [2.75, 3.05) is 0 Å². The average Bonchev–Trinajstić information content (AvgIpc) is 2.46. The first kappa shape index (κ1) is 12.8. The van der Waals surface area contributed by atoms with Crippen molar-refractivity contribution in [1.82, 2.24) is 0 Å². The molecule has 0 aromatic heterocycles. The molecule has 0 aliphatic rings. The molecule has 0 saturated heterocycles. The van der Waals surface area contributed by atoms with Crippen LogP contribution in [0.25, 0.3) is 21.9 Å². The molecule has 0 radical (unpaired) electrons. The van der Waals surface area contributed by atoms with Crippen molar-refractivity contribution in [2.24, 2.45) is 0 Å². The maximum absolute atomic E-state index is 11.1. The summed E-state index contributed by atoms with van der Waals surface area (Å²) in [4.78, 5) is 11.9. The lowest BCUT2D eigenvalue weighted by Gasteiger charge is -2.08. The van der Waals surface area contributed by atoms with Crippen LogP contribution in [-0.2, 0) is 0 Å². The van der Waals surface area contributed by atoms with Crippen molar-refractivity contribution in [3.63, 3.8) is 0 Å². The molecule has 3 rings (SSSR count). The normalized spacial score (nSPS) is 10.7. The molecule has 0 bridgehead atoms. The second kappa shape index (κ2) is 5.02. The molecule has 0 aliphatic heterocycles. The van der Waals surface area contributed by atoms with Crippen LogP contribution in [0.1, 0.15) is 10.4 Å². The first-order valence-electron chi connectivity index (χ1n) is 6.20. The smallest absolute Gasteiger partial charge is 0.335 e. The number of carboxylic acid groups (broad SMARTS) is 1. The van der Waals surface area contributed by atoms with E-state index in [1.807, 2.05) is 42.5 Å². The van der Waals surface area contributed by atoms with Gasteiger partial charge in [-0.1, -0.05) is 36.4 Å². The molecule has 0 unspecified atom stereocenters. The lowest BCUT2D eigenvalue weighted by Crippen LogP contribution is -1.95. The van der Waals surface area contributed by atoms with Gasteiger partial charge in [0.15, 0.2) is 0 Å². The van der Waals surface area contributed by atoms with Gasteiger partial charge in [0.1, 0.15) is 0 Å². The van der Waals surface area contributed by atoms with E-state index in [4.69, 9.17) is 5.11 Å². The number of rotatable bonds is 2. The molecule has 3 aromatic carbocycles. The summed E-state index contributed by atoms with van der Waals surface area (Å²) < 4.78 is 0. The van der Waals surface area contributed by atoms with Crippen molar-refractivity contribution in [2.45, 2.75) is 4.90 Å². The molecule has 3 aromatic rings. The van der Waals surface area contributed by atoms with Crippen LogP contribution in [0.4, 0.5) is 0 Å². The highest BCUT2D eigenvalue weighted by molar-refractivity contribution is 7.80. The summed E-state index contributed by atoms with van der Waals surface area (Å²) in [6, 6.07) is 19.0. The maximum Gasteiger partial charge on any atom is 0.335 e. The van der Waals surface area contributed by atoms with Crippen molar-refractivity contribution in [1.29, 1.82) is 0 Å². The van der Waals surface area contributed by atoms with E-state index in [2.05, 4.69) is 12.6 Å². The van der Waals surface area contributed by atoms with Gasteiger partial charge in [-0.15, -0.1) is 12.6 Å². The van der Waals surface area contributed by atoms with Gasteiger partial charge in [0, 0.05) is 4.90 Å². The molecule has 1 N–H and O–H groups in total. The largest absolute Gasteiger partial charge is 0.478 e. The van der Waals surface area contributed by atoms with Gasteiger partial charge >= 0.3 is 5.97 Å². The Kier molecular flexibility index (Phi) is 3.20. The molecule has 0 heterocycles. The third kappa shape index (κ3) is 2.28. The number of carboxylic acids is 1. The minimum atomic E-state index is -0.923. The van der Waals surface area contributed by atoms with Crippen molar-refractivity contribution < 1.29 is 9.90 Å². The molecule has 0 atom stereocenters. The van der Waals surface area contributed by atoms with Gasteiger partial charge in [0.25, 0.3) is 0 Å². The van der Waals surface area contributed by atoms with Gasteiger partial charge < -0.3 is 5.11 Å². The standard InChI is InChI=1S/C17H12O2S/c18-17(19)14-7-3-6-13(8-14)15-9-11-4-1-2-5-12(11)10-16(15)20/h1-10,20H,(H,18,19). The molecule has 3 heteroatoms. The minimum absolute atomic E-state index is 0.281. The number of thiol groups is 1. The molecule has 98 valence electrons. The highest BCUT2D eigenvalue weighted by atomic mass is 32.1. The SMILES string of the molecule is O=C(O)c1cccc(-c2cc3ccccc3cc2S)c1. The second-order valence-corrected chi connectivity index (χ2v) is 5.08. The van der Waals surface area contributed by atoms with Gasteiger partial charge in [-0.25, -0.2) is 4.79 Å². The summed E-state index contributed by atoms with van der Waals surface area (Å²) in [5.74, 6) is -0.923. The van der Waals surface area contributed by atoms with Crippen LogP contribution in [0, 0.1) is 0 Å². The van der Waals surface area contributed by atoms with Crippen LogP contribution in [-0.4, -0.2) is 11.1 Å². The fourth-order valence-corrected chi connectivity index (χ4v) is 2.61. The summed E-state index contributed by atoms with van der Waals surface area (Å²) in [6.07, 6.45) is 0. The Bertz CT molecular complexity index is 809. The molecule has 0 spiro atoms. The topological polar surface area (TPSA) is 37.3 Å². The van der Waals surface area contributed by atoms with Gasteiger partial charge in [-0.05, 0) is 46.2 Å². The Hall–Kier alpha value is -2.26.